The van der Waals surface area contributed by atoms with Crippen LogP contribution in [-0.2, 0) is 14.8 Å². The Hall–Kier alpha value is -3.17. The Kier molecular flexibility index (Phi) is 5.76. The number of hydrogen-bond acceptors (Lipinski definition) is 6. The number of rotatable bonds is 7. The molecule has 0 bridgehead atoms. The van der Waals surface area contributed by atoms with Crippen LogP contribution >= 0.6 is 0 Å². The molecular weight excluding hydrogens is 386 g/mol. The molecule has 2 N–H and O–H groups in total. The van der Waals surface area contributed by atoms with Crippen molar-refractivity contribution in [2.45, 2.75) is 4.90 Å². The largest absolute Gasteiger partial charge is 0.486 e. The summed E-state index contributed by atoms with van der Waals surface area (Å²) in [6.07, 6.45) is 2.97. The zero-order chi connectivity index (χ0) is 20.1. The first-order valence-electron chi connectivity index (χ1n) is 8.29. The predicted octanol–water partition coefficient (Wildman–Crippen LogP) is 1.72. The fraction of sp³-hybridized carbons (Fsp3) is 0.158. The molecule has 8 nitrogen and oxygen atoms in total. The quantitative estimate of drug-likeness (QED) is 0.534. The molecule has 0 aromatic heterocycles. The van der Waals surface area contributed by atoms with Crippen LogP contribution in [0.4, 0.5) is 0 Å². The Balaban J connectivity index is 1.74. The lowest BCUT2D eigenvalue weighted by atomic mass is 10.1. The molecule has 2 aromatic rings. The molecule has 1 aliphatic rings. The van der Waals surface area contributed by atoms with Crippen molar-refractivity contribution >= 4 is 27.9 Å². The highest BCUT2D eigenvalue weighted by Crippen LogP contribution is 2.34. The number of nitrogens with one attached hydrogen (secondary N) is 1. The molecule has 0 atom stereocenters. The second-order valence-electron chi connectivity index (χ2n) is 5.81. The number of aliphatic carboxylic acids is 1. The first-order valence-corrected chi connectivity index (χ1v) is 9.78. The van der Waals surface area contributed by atoms with Crippen molar-refractivity contribution in [3.05, 3.63) is 59.7 Å². The van der Waals surface area contributed by atoms with Gasteiger partial charge in [-0.25, -0.2) is 8.42 Å². The van der Waals surface area contributed by atoms with Crippen LogP contribution in [0.15, 0.2) is 53.4 Å². The molecule has 0 aliphatic carbocycles. The average Bonchev–Trinajstić information content (AvgIpc) is 2.70. The summed E-state index contributed by atoms with van der Waals surface area (Å²) in [5.74, 6) is -0.428. The predicted molar refractivity (Wildman–Crippen MR) is 100 cm³/mol. The summed E-state index contributed by atoms with van der Waals surface area (Å²) < 4.78 is 37.0. The molecule has 0 saturated carbocycles. The fourth-order valence-electron chi connectivity index (χ4n) is 2.53. The standard InChI is InChI=1S/C19H17NO7S/c21-16(9-6-14-2-1-3-17-19(14)27-11-10-26-17)13-4-7-15(8-5-13)28(24,25)20-12-18(22)23/h1-9,20H,10-12H2,(H,22,23)/b9-6+. The smallest absolute Gasteiger partial charge is 0.318 e. The molecule has 9 heteroatoms. The van der Waals surface area contributed by atoms with E-state index in [0.717, 1.165) is 0 Å². The van der Waals surface area contributed by atoms with Crippen LogP contribution in [0.3, 0.4) is 0 Å². The van der Waals surface area contributed by atoms with Crippen LogP contribution in [0, 0.1) is 0 Å². The number of carboxylic acids is 1. The highest BCUT2D eigenvalue weighted by atomic mass is 32.2. The highest BCUT2D eigenvalue weighted by molar-refractivity contribution is 7.89. The van der Waals surface area contributed by atoms with E-state index in [2.05, 4.69) is 0 Å². The number of fused-ring (bicyclic) bond motifs is 1. The molecule has 0 spiro atoms. The van der Waals surface area contributed by atoms with Crippen molar-refractivity contribution in [2.75, 3.05) is 19.8 Å². The van der Waals surface area contributed by atoms with Crippen LogP contribution in [0.2, 0.25) is 0 Å². The molecule has 0 radical (unpaired) electrons. The monoisotopic (exact) mass is 403 g/mol. The maximum Gasteiger partial charge on any atom is 0.318 e. The van der Waals surface area contributed by atoms with Crippen molar-refractivity contribution in [3.63, 3.8) is 0 Å². The van der Waals surface area contributed by atoms with Crippen LogP contribution in [0.1, 0.15) is 15.9 Å². The summed E-state index contributed by atoms with van der Waals surface area (Å²) in [5.41, 5.74) is 0.984. The minimum absolute atomic E-state index is 0.128. The van der Waals surface area contributed by atoms with Gasteiger partial charge in [-0.2, -0.15) is 4.72 Å². The zero-order valence-electron chi connectivity index (χ0n) is 14.6. The first kappa shape index (κ1) is 19.6. The number of allylic oxidation sites excluding steroid dienone is 1. The molecule has 0 saturated heterocycles. The lowest BCUT2D eigenvalue weighted by molar-refractivity contribution is -0.135. The Morgan fingerprint density at radius 2 is 1.79 bits per heavy atom. The summed E-state index contributed by atoms with van der Waals surface area (Å²) in [4.78, 5) is 22.7. The first-order chi connectivity index (χ1) is 13.4. The van der Waals surface area contributed by atoms with Gasteiger partial charge < -0.3 is 14.6 Å². The van der Waals surface area contributed by atoms with E-state index in [0.29, 0.717) is 30.3 Å². The molecule has 0 unspecified atom stereocenters. The second-order valence-corrected chi connectivity index (χ2v) is 7.58. The van der Waals surface area contributed by atoms with Crippen LogP contribution in [0.5, 0.6) is 11.5 Å². The average molecular weight is 403 g/mol. The number of carboxylic acid groups (broad SMARTS) is 1. The molecule has 2 aromatic carbocycles. The third kappa shape index (κ3) is 4.56. The molecule has 3 rings (SSSR count). The number of para-hydroxylation sites is 1. The minimum atomic E-state index is -3.95. The van der Waals surface area contributed by atoms with Gasteiger partial charge in [-0.15, -0.1) is 0 Å². The van der Waals surface area contributed by atoms with Crippen LogP contribution in [0.25, 0.3) is 6.08 Å². The number of benzene rings is 2. The second kappa shape index (κ2) is 8.24. The summed E-state index contributed by atoms with van der Waals surface area (Å²) in [5, 5.41) is 8.57. The number of ketones is 1. The van der Waals surface area contributed by atoms with Crippen molar-refractivity contribution in [3.8, 4) is 11.5 Å². The topological polar surface area (TPSA) is 119 Å². The Bertz CT molecular complexity index is 1030. The highest BCUT2D eigenvalue weighted by Gasteiger charge is 2.16. The SMILES string of the molecule is O=C(O)CNS(=O)(=O)c1ccc(C(=O)/C=C/c2cccc3c2OCCO3)cc1. The van der Waals surface area contributed by atoms with Gasteiger partial charge >= 0.3 is 5.97 Å². The van der Waals surface area contributed by atoms with E-state index >= 15 is 0 Å². The number of carbonyl (C=O) groups excluding carboxylic acids is 1. The van der Waals surface area contributed by atoms with E-state index in [1.54, 1.807) is 24.3 Å². The Morgan fingerprint density at radius 1 is 1.07 bits per heavy atom. The number of ether oxygens (including phenoxy) is 2. The lowest BCUT2D eigenvalue weighted by Gasteiger charge is -2.19. The Labute approximate surface area is 161 Å². The maximum absolute atomic E-state index is 12.4. The van der Waals surface area contributed by atoms with Gasteiger partial charge in [0.1, 0.15) is 19.8 Å². The molecule has 1 aliphatic heterocycles. The van der Waals surface area contributed by atoms with E-state index in [9.17, 15) is 18.0 Å². The number of carbonyl (C=O) groups is 2. The Morgan fingerprint density at radius 3 is 2.50 bits per heavy atom. The van der Waals surface area contributed by atoms with E-state index in [-0.39, 0.29) is 16.2 Å². The molecular formula is C19H17NO7S. The molecule has 28 heavy (non-hydrogen) atoms. The van der Waals surface area contributed by atoms with Gasteiger partial charge in [0.15, 0.2) is 17.3 Å². The maximum atomic E-state index is 12.4. The van der Waals surface area contributed by atoms with E-state index in [4.69, 9.17) is 14.6 Å². The van der Waals surface area contributed by atoms with Gasteiger partial charge in [0.2, 0.25) is 10.0 Å². The van der Waals surface area contributed by atoms with Gasteiger partial charge in [-0.1, -0.05) is 12.1 Å². The van der Waals surface area contributed by atoms with Crippen LogP contribution < -0.4 is 14.2 Å². The van der Waals surface area contributed by atoms with Gasteiger partial charge in [0.25, 0.3) is 0 Å². The van der Waals surface area contributed by atoms with Crippen molar-refractivity contribution in [1.29, 1.82) is 0 Å². The normalized spacial score (nSPS) is 13.4. The summed E-state index contributed by atoms with van der Waals surface area (Å²) in [6, 6.07) is 10.6. The minimum Gasteiger partial charge on any atom is -0.486 e. The van der Waals surface area contributed by atoms with Crippen molar-refractivity contribution in [2.24, 2.45) is 0 Å². The van der Waals surface area contributed by atoms with Gasteiger partial charge in [-0.05, 0) is 42.5 Å². The van der Waals surface area contributed by atoms with Gasteiger partial charge in [0.05, 0.1) is 4.90 Å². The van der Waals surface area contributed by atoms with Crippen molar-refractivity contribution in [1.82, 2.24) is 4.72 Å². The van der Waals surface area contributed by atoms with Gasteiger partial charge in [-0.3, -0.25) is 9.59 Å². The van der Waals surface area contributed by atoms with E-state index < -0.39 is 22.5 Å². The van der Waals surface area contributed by atoms with E-state index in [1.807, 2.05) is 4.72 Å². The number of hydrogen-bond donors (Lipinski definition) is 2. The zero-order valence-corrected chi connectivity index (χ0v) is 15.4. The third-order valence-electron chi connectivity index (χ3n) is 3.87. The summed E-state index contributed by atoms with van der Waals surface area (Å²) in [6.45, 7) is 0.173. The van der Waals surface area contributed by atoms with E-state index in [1.165, 1.54) is 30.3 Å². The van der Waals surface area contributed by atoms with Crippen LogP contribution in [-0.4, -0.2) is 45.0 Å². The molecule has 146 valence electrons. The fourth-order valence-corrected chi connectivity index (χ4v) is 3.50. The third-order valence-corrected chi connectivity index (χ3v) is 5.29. The molecule has 0 fully saturated rings. The number of sulfonamides is 1. The summed E-state index contributed by atoms with van der Waals surface area (Å²) in [7, 11) is -3.95. The van der Waals surface area contributed by atoms with Crippen molar-refractivity contribution < 1.29 is 32.6 Å². The van der Waals surface area contributed by atoms with Gasteiger partial charge in [0, 0.05) is 11.1 Å². The molecule has 1 heterocycles. The molecule has 0 amide bonds. The summed E-state index contributed by atoms with van der Waals surface area (Å²) >= 11 is 0. The lowest BCUT2D eigenvalue weighted by Crippen LogP contribution is -2.29.